The topological polar surface area (TPSA) is 39.1 Å². The highest BCUT2D eigenvalue weighted by atomic mass is 16.5. The molecule has 0 amide bonds. The Morgan fingerprint density at radius 3 is 2.59 bits per heavy atom. The normalized spacial score (nSPS) is 20.1. The molecule has 1 heterocycles. The first-order valence-corrected chi connectivity index (χ1v) is 10.1. The average molecular weight is 364 g/mol. The fourth-order valence-electron chi connectivity index (χ4n) is 4.16. The van der Waals surface area contributed by atoms with E-state index in [1.165, 1.54) is 31.2 Å². The third-order valence-electron chi connectivity index (χ3n) is 5.35. The second kappa shape index (κ2) is 7.63. The van der Waals surface area contributed by atoms with E-state index in [9.17, 15) is 0 Å². The SMILES string of the molecule is CC(C)Oc1ccc(Nc2nc3ccccc3n2[C@H]2CCC[C@H](C)C2)cc1. The minimum Gasteiger partial charge on any atom is -0.491 e. The van der Waals surface area contributed by atoms with Gasteiger partial charge >= 0.3 is 0 Å². The van der Waals surface area contributed by atoms with Crippen LogP contribution in [0.25, 0.3) is 11.0 Å². The minimum absolute atomic E-state index is 0.182. The largest absolute Gasteiger partial charge is 0.491 e. The Morgan fingerprint density at radius 2 is 1.85 bits per heavy atom. The van der Waals surface area contributed by atoms with Gasteiger partial charge in [-0.15, -0.1) is 0 Å². The zero-order valence-corrected chi connectivity index (χ0v) is 16.5. The Bertz CT molecular complexity index is 898. The number of hydrogen-bond donors (Lipinski definition) is 1. The van der Waals surface area contributed by atoms with E-state index in [2.05, 4.69) is 53.2 Å². The summed E-state index contributed by atoms with van der Waals surface area (Å²) in [5.41, 5.74) is 3.31. The van der Waals surface area contributed by atoms with Crippen LogP contribution in [0.2, 0.25) is 0 Å². The number of aromatic nitrogens is 2. The molecule has 0 radical (unpaired) electrons. The van der Waals surface area contributed by atoms with E-state index in [0.29, 0.717) is 6.04 Å². The van der Waals surface area contributed by atoms with Gasteiger partial charge < -0.3 is 14.6 Å². The van der Waals surface area contributed by atoms with E-state index >= 15 is 0 Å². The van der Waals surface area contributed by atoms with Crippen LogP contribution in [0.3, 0.4) is 0 Å². The highest BCUT2D eigenvalue weighted by molar-refractivity contribution is 5.80. The van der Waals surface area contributed by atoms with Crippen LogP contribution in [0, 0.1) is 5.92 Å². The number of imidazole rings is 1. The summed E-state index contributed by atoms with van der Waals surface area (Å²) in [7, 11) is 0. The predicted molar refractivity (Wildman–Crippen MR) is 112 cm³/mol. The standard InChI is InChI=1S/C23H29N3O/c1-16(2)27-20-13-11-18(12-14-20)24-23-25-21-9-4-5-10-22(21)26(23)19-8-6-7-17(3)15-19/h4-5,9-14,16-17,19H,6-8,15H2,1-3H3,(H,24,25)/t17-,19-/m0/s1. The number of nitrogens with zero attached hydrogens (tertiary/aromatic N) is 2. The molecule has 0 saturated heterocycles. The van der Waals surface area contributed by atoms with Gasteiger partial charge in [0.15, 0.2) is 0 Å². The van der Waals surface area contributed by atoms with Crippen LogP contribution in [0.15, 0.2) is 48.5 Å². The Morgan fingerprint density at radius 1 is 1.07 bits per heavy atom. The molecule has 1 saturated carbocycles. The molecule has 142 valence electrons. The van der Waals surface area contributed by atoms with Gasteiger partial charge in [0.25, 0.3) is 0 Å². The Balaban J connectivity index is 1.65. The van der Waals surface area contributed by atoms with Gasteiger partial charge in [-0.3, -0.25) is 0 Å². The average Bonchev–Trinajstić information content (AvgIpc) is 3.01. The number of hydrogen-bond acceptors (Lipinski definition) is 3. The molecule has 27 heavy (non-hydrogen) atoms. The smallest absolute Gasteiger partial charge is 0.208 e. The molecular formula is C23H29N3O. The molecule has 1 N–H and O–H groups in total. The van der Waals surface area contributed by atoms with Gasteiger partial charge in [-0.1, -0.05) is 31.9 Å². The maximum absolute atomic E-state index is 5.75. The summed E-state index contributed by atoms with van der Waals surface area (Å²) in [5, 5.41) is 3.55. The first-order valence-electron chi connectivity index (χ1n) is 10.1. The molecule has 1 fully saturated rings. The van der Waals surface area contributed by atoms with Crippen molar-refractivity contribution in [1.29, 1.82) is 0 Å². The number of nitrogens with one attached hydrogen (secondary N) is 1. The molecule has 4 rings (SSSR count). The zero-order chi connectivity index (χ0) is 18.8. The molecule has 4 heteroatoms. The number of anilines is 2. The molecule has 3 aromatic rings. The van der Waals surface area contributed by atoms with Crippen molar-refractivity contribution in [2.75, 3.05) is 5.32 Å². The van der Waals surface area contributed by atoms with E-state index in [1.54, 1.807) is 0 Å². The molecule has 0 aliphatic heterocycles. The first kappa shape index (κ1) is 17.9. The van der Waals surface area contributed by atoms with Crippen LogP contribution in [0.5, 0.6) is 5.75 Å². The van der Waals surface area contributed by atoms with Crippen molar-refractivity contribution >= 4 is 22.7 Å². The first-order chi connectivity index (χ1) is 13.1. The Kier molecular flexibility index (Phi) is 5.06. The van der Waals surface area contributed by atoms with Crippen LogP contribution in [0.1, 0.15) is 52.5 Å². The number of rotatable bonds is 5. The highest BCUT2D eigenvalue weighted by Gasteiger charge is 2.24. The minimum atomic E-state index is 0.182. The number of fused-ring (bicyclic) bond motifs is 1. The monoisotopic (exact) mass is 363 g/mol. The summed E-state index contributed by atoms with van der Waals surface area (Å²) in [6.07, 6.45) is 5.25. The van der Waals surface area contributed by atoms with Crippen molar-refractivity contribution in [1.82, 2.24) is 9.55 Å². The van der Waals surface area contributed by atoms with E-state index < -0.39 is 0 Å². The van der Waals surface area contributed by atoms with E-state index in [4.69, 9.17) is 9.72 Å². The van der Waals surface area contributed by atoms with Crippen LogP contribution < -0.4 is 10.1 Å². The van der Waals surface area contributed by atoms with Gasteiger partial charge in [0.2, 0.25) is 5.95 Å². The summed E-state index contributed by atoms with van der Waals surface area (Å²) in [6, 6.07) is 17.1. The van der Waals surface area contributed by atoms with Crippen molar-refractivity contribution in [2.45, 2.75) is 58.6 Å². The molecule has 2 atom stereocenters. The van der Waals surface area contributed by atoms with Gasteiger partial charge in [-0.2, -0.15) is 0 Å². The predicted octanol–water partition coefficient (Wildman–Crippen LogP) is 6.32. The van der Waals surface area contributed by atoms with Crippen LogP contribution in [-0.2, 0) is 0 Å². The lowest BCUT2D eigenvalue weighted by Gasteiger charge is -2.29. The summed E-state index contributed by atoms with van der Waals surface area (Å²) < 4.78 is 8.17. The summed E-state index contributed by atoms with van der Waals surface area (Å²) in [6.45, 7) is 6.45. The quantitative estimate of drug-likeness (QED) is 0.576. The third-order valence-corrected chi connectivity index (χ3v) is 5.35. The highest BCUT2D eigenvalue weighted by Crippen LogP contribution is 2.37. The van der Waals surface area contributed by atoms with Gasteiger partial charge in [-0.25, -0.2) is 4.98 Å². The van der Waals surface area contributed by atoms with E-state index in [-0.39, 0.29) is 6.10 Å². The Hall–Kier alpha value is -2.49. The van der Waals surface area contributed by atoms with Crippen molar-refractivity contribution in [3.63, 3.8) is 0 Å². The fraction of sp³-hybridized carbons (Fsp3) is 0.435. The lowest BCUT2D eigenvalue weighted by Crippen LogP contribution is -2.19. The molecule has 1 aromatic heterocycles. The van der Waals surface area contributed by atoms with E-state index in [1.807, 2.05) is 26.0 Å². The molecule has 4 nitrogen and oxygen atoms in total. The van der Waals surface area contributed by atoms with Gasteiger partial charge in [0, 0.05) is 11.7 Å². The molecule has 0 unspecified atom stereocenters. The summed E-state index contributed by atoms with van der Waals surface area (Å²) >= 11 is 0. The fourth-order valence-corrected chi connectivity index (χ4v) is 4.16. The zero-order valence-electron chi connectivity index (χ0n) is 16.5. The lowest BCUT2D eigenvalue weighted by molar-refractivity contribution is 0.242. The summed E-state index contributed by atoms with van der Waals surface area (Å²) in [4.78, 5) is 4.90. The van der Waals surface area contributed by atoms with Crippen LogP contribution in [0.4, 0.5) is 11.6 Å². The third kappa shape index (κ3) is 3.95. The molecule has 0 bridgehead atoms. The van der Waals surface area contributed by atoms with Gasteiger partial charge in [0.05, 0.1) is 17.1 Å². The lowest BCUT2D eigenvalue weighted by atomic mass is 9.87. The van der Waals surface area contributed by atoms with Gasteiger partial charge in [0.1, 0.15) is 5.75 Å². The van der Waals surface area contributed by atoms with E-state index in [0.717, 1.165) is 28.8 Å². The second-order valence-electron chi connectivity index (χ2n) is 8.04. The van der Waals surface area contributed by atoms with Crippen molar-refractivity contribution in [2.24, 2.45) is 5.92 Å². The molecule has 0 spiro atoms. The molecule has 2 aromatic carbocycles. The Labute approximate surface area is 161 Å². The number of para-hydroxylation sites is 2. The van der Waals surface area contributed by atoms with Crippen molar-refractivity contribution in [3.8, 4) is 5.75 Å². The maximum atomic E-state index is 5.75. The molecule has 1 aliphatic rings. The number of benzene rings is 2. The number of ether oxygens (including phenoxy) is 1. The van der Waals surface area contributed by atoms with Crippen molar-refractivity contribution < 1.29 is 4.74 Å². The van der Waals surface area contributed by atoms with Crippen molar-refractivity contribution in [3.05, 3.63) is 48.5 Å². The summed E-state index contributed by atoms with van der Waals surface area (Å²) in [5.74, 6) is 2.60. The van der Waals surface area contributed by atoms with Crippen LogP contribution in [-0.4, -0.2) is 15.7 Å². The second-order valence-corrected chi connectivity index (χ2v) is 8.04. The maximum Gasteiger partial charge on any atom is 0.208 e. The van der Waals surface area contributed by atoms with Crippen LogP contribution >= 0.6 is 0 Å². The molecular weight excluding hydrogens is 334 g/mol. The van der Waals surface area contributed by atoms with Gasteiger partial charge in [-0.05, 0) is 69.0 Å². The molecule has 1 aliphatic carbocycles.